The lowest BCUT2D eigenvalue weighted by Crippen LogP contribution is -1.96. The van der Waals surface area contributed by atoms with Crippen molar-refractivity contribution in [2.45, 2.75) is 0 Å². The number of aromatic nitrogens is 3. The summed E-state index contributed by atoms with van der Waals surface area (Å²) in [5.41, 5.74) is 15.8. The summed E-state index contributed by atoms with van der Waals surface area (Å²) in [5.74, 6) is 0.710. The van der Waals surface area contributed by atoms with E-state index < -0.39 is 0 Å². The fraction of sp³-hybridized carbons (Fsp3) is 0. The molecule has 0 aliphatic rings. The zero-order valence-corrected chi connectivity index (χ0v) is 29.5. The summed E-state index contributed by atoms with van der Waals surface area (Å²) in [7, 11) is 0. The van der Waals surface area contributed by atoms with Gasteiger partial charge >= 0.3 is 0 Å². The average molecular weight is 690 g/mol. The number of benzene rings is 7. The van der Waals surface area contributed by atoms with E-state index in [0.29, 0.717) is 5.82 Å². The van der Waals surface area contributed by atoms with Crippen molar-refractivity contribution in [1.29, 1.82) is 0 Å². The van der Waals surface area contributed by atoms with Crippen LogP contribution in [0.5, 0.6) is 0 Å². The van der Waals surface area contributed by atoms with Crippen LogP contribution in [0.3, 0.4) is 0 Å². The summed E-state index contributed by atoms with van der Waals surface area (Å²) < 4.78 is 0. The number of hydrogen-bond donors (Lipinski definition) is 0. The largest absolute Gasteiger partial charge is 0.248 e. The topological polar surface area (TPSA) is 38.7 Å². The van der Waals surface area contributed by atoms with Gasteiger partial charge in [-0.25, -0.2) is 15.0 Å². The molecular formula is C51H35N3. The summed E-state index contributed by atoms with van der Waals surface area (Å²) in [6.45, 7) is 0. The lowest BCUT2D eigenvalue weighted by atomic mass is 9.96. The Labute approximate surface area is 316 Å². The highest BCUT2D eigenvalue weighted by molar-refractivity contribution is 5.80. The van der Waals surface area contributed by atoms with E-state index in [-0.39, 0.29) is 0 Å². The zero-order chi connectivity index (χ0) is 36.1. The van der Waals surface area contributed by atoms with Crippen molar-refractivity contribution in [1.82, 2.24) is 15.0 Å². The Hall–Kier alpha value is -7.23. The van der Waals surface area contributed by atoms with Gasteiger partial charge in [0.1, 0.15) is 0 Å². The van der Waals surface area contributed by atoms with Crippen LogP contribution < -0.4 is 0 Å². The molecule has 0 N–H and O–H groups in total. The molecule has 54 heavy (non-hydrogen) atoms. The molecule has 254 valence electrons. The van der Waals surface area contributed by atoms with Gasteiger partial charge < -0.3 is 0 Å². The van der Waals surface area contributed by atoms with Crippen molar-refractivity contribution < 1.29 is 0 Å². The Kier molecular flexibility index (Phi) is 8.94. The third-order valence-corrected chi connectivity index (χ3v) is 9.70. The molecule has 0 aliphatic heterocycles. The molecule has 0 radical (unpaired) electrons. The van der Waals surface area contributed by atoms with E-state index in [1.807, 2.05) is 42.5 Å². The molecule has 0 unspecified atom stereocenters. The first kappa shape index (κ1) is 32.7. The Bertz CT molecular complexity index is 2370. The maximum atomic E-state index is 5.16. The Morgan fingerprint density at radius 3 is 1.00 bits per heavy atom. The quantitative estimate of drug-likeness (QED) is 0.159. The second kappa shape index (κ2) is 14.8. The molecule has 3 nitrogen and oxygen atoms in total. The maximum Gasteiger partial charge on any atom is 0.160 e. The summed E-state index contributed by atoms with van der Waals surface area (Å²) in [5, 5.41) is 0. The number of rotatable bonds is 8. The van der Waals surface area contributed by atoms with Crippen molar-refractivity contribution in [2.24, 2.45) is 0 Å². The molecule has 9 rings (SSSR count). The first-order valence-corrected chi connectivity index (χ1v) is 18.2. The van der Waals surface area contributed by atoms with Crippen LogP contribution in [0.15, 0.2) is 212 Å². The van der Waals surface area contributed by atoms with E-state index >= 15 is 0 Å². The van der Waals surface area contributed by atoms with Crippen molar-refractivity contribution in [3.8, 4) is 89.8 Å². The molecule has 2 aromatic heterocycles. The predicted molar refractivity (Wildman–Crippen MR) is 223 cm³/mol. The molecular weight excluding hydrogens is 655 g/mol. The minimum absolute atomic E-state index is 0.710. The highest BCUT2D eigenvalue weighted by Crippen LogP contribution is 2.34. The standard InChI is InChI=1S/C51H35N3/c1-5-15-36(16-6-1)46-33-47(39-17-7-2-8-18-39)52-48(34-46)44-25-13-23-42(31-44)37-27-29-38(30-28-37)43-24-14-26-45(32-43)50-35-49(40-19-9-3-10-20-40)53-51(54-50)41-21-11-4-12-22-41/h1-35H. The van der Waals surface area contributed by atoms with Crippen LogP contribution in [0.1, 0.15) is 0 Å². The second-order valence-corrected chi connectivity index (χ2v) is 13.3. The minimum atomic E-state index is 0.710. The minimum Gasteiger partial charge on any atom is -0.248 e. The smallest absolute Gasteiger partial charge is 0.160 e. The highest BCUT2D eigenvalue weighted by Gasteiger charge is 2.13. The molecule has 0 bridgehead atoms. The van der Waals surface area contributed by atoms with Crippen molar-refractivity contribution in [3.05, 3.63) is 212 Å². The third kappa shape index (κ3) is 6.99. The van der Waals surface area contributed by atoms with Crippen molar-refractivity contribution in [2.75, 3.05) is 0 Å². The van der Waals surface area contributed by atoms with Gasteiger partial charge in [-0.3, -0.25) is 0 Å². The molecule has 0 atom stereocenters. The van der Waals surface area contributed by atoms with Crippen LogP contribution in [0.2, 0.25) is 0 Å². The lowest BCUT2D eigenvalue weighted by molar-refractivity contribution is 1.18. The fourth-order valence-electron chi connectivity index (χ4n) is 6.87. The van der Waals surface area contributed by atoms with Crippen LogP contribution in [-0.4, -0.2) is 15.0 Å². The van der Waals surface area contributed by atoms with Gasteiger partial charge in [-0.1, -0.05) is 182 Å². The number of pyridine rings is 1. The van der Waals surface area contributed by atoms with Gasteiger partial charge in [-0.05, 0) is 63.7 Å². The SMILES string of the molecule is c1ccc(-c2cc(-c3ccccc3)nc(-c3cccc(-c4ccc(-c5cccc(-c6cc(-c7ccccc7)nc(-c7ccccc7)n6)c5)cc4)c3)c2)cc1. The van der Waals surface area contributed by atoms with Gasteiger partial charge in [0.15, 0.2) is 5.82 Å². The van der Waals surface area contributed by atoms with E-state index in [1.54, 1.807) is 0 Å². The van der Waals surface area contributed by atoms with Crippen LogP contribution in [0.4, 0.5) is 0 Å². The summed E-state index contributed by atoms with van der Waals surface area (Å²) in [6, 6.07) is 74.0. The van der Waals surface area contributed by atoms with Crippen LogP contribution in [-0.2, 0) is 0 Å². The van der Waals surface area contributed by atoms with Gasteiger partial charge in [-0.15, -0.1) is 0 Å². The monoisotopic (exact) mass is 689 g/mol. The molecule has 7 aromatic carbocycles. The van der Waals surface area contributed by atoms with Gasteiger partial charge in [-0.2, -0.15) is 0 Å². The predicted octanol–water partition coefficient (Wildman–Crippen LogP) is 13.2. The van der Waals surface area contributed by atoms with Gasteiger partial charge in [0.05, 0.1) is 22.8 Å². The normalized spacial score (nSPS) is 11.0. The van der Waals surface area contributed by atoms with E-state index in [4.69, 9.17) is 15.0 Å². The Balaban J connectivity index is 1.04. The molecule has 0 fully saturated rings. The zero-order valence-electron chi connectivity index (χ0n) is 29.5. The molecule has 0 saturated carbocycles. The second-order valence-electron chi connectivity index (χ2n) is 13.3. The van der Waals surface area contributed by atoms with E-state index in [0.717, 1.165) is 78.4 Å². The van der Waals surface area contributed by atoms with E-state index in [1.165, 1.54) is 5.56 Å². The molecule has 9 aromatic rings. The summed E-state index contributed by atoms with van der Waals surface area (Å²) >= 11 is 0. The third-order valence-electron chi connectivity index (χ3n) is 9.70. The van der Waals surface area contributed by atoms with Crippen LogP contribution >= 0.6 is 0 Å². The summed E-state index contributed by atoms with van der Waals surface area (Å²) in [6.07, 6.45) is 0. The average Bonchev–Trinajstić information content (AvgIpc) is 3.27. The van der Waals surface area contributed by atoms with E-state index in [9.17, 15) is 0 Å². The van der Waals surface area contributed by atoms with Gasteiger partial charge in [0, 0.05) is 27.8 Å². The highest BCUT2D eigenvalue weighted by atomic mass is 14.9. The van der Waals surface area contributed by atoms with Crippen molar-refractivity contribution in [3.63, 3.8) is 0 Å². The first-order valence-electron chi connectivity index (χ1n) is 18.2. The molecule has 0 spiro atoms. The van der Waals surface area contributed by atoms with E-state index in [2.05, 4.69) is 170 Å². The van der Waals surface area contributed by atoms with Crippen molar-refractivity contribution >= 4 is 0 Å². The van der Waals surface area contributed by atoms with Gasteiger partial charge in [0.2, 0.25) is 0 Å². The molecule has 2 heterocycles. The molecule has 3 heteroatoms. The number of hydrogen-bond acceptors (Lipinski definition) is 3. The summed E-state index contributed by atoms with van der Waals surface area (Å²) in [4.78, 5) is 15.2. The van der Waals surface area contributed by atoms with Crippen LogP contribution in [0, 0.1) is 0 Å². The number of nitrogens with zero attached hydrogens (tertiary/aromatic N) is 3. The Morgan fingerprint density at radius 1 is 0.185 bits per heavy atom. The first-order chi connectivity index (χ1) is 26.7. The molecule has 0 saturated heterocycles. The van der Waals surface area contributed by atoms with Crippen LogP contribution in [0.25, 0.3) is 89.8 Å². The van der Waals surface area contributed by atoms with Gasteiger partial charge in [0.25, 0.3) is 0 Å². The fourth-order valence-corrected chi connectivity index (χ4v) is 6.87. The molecule has 0 amide bonds. The maximum absolute atomic E-state index is 5.16. The molecule has 0 aliphatic carbocycles. The Morgan fingerprint density at radius 2 is 0.519 bits per heavy atom. The lowest BCUT2D eigenvalue weighted by Gasteiger charge is -2.12.